The minimum absolute atomic E-state index is 0.0320. The van der Waals surface area contributed by atoms with Crippen molar-refractivity contribution < 1.29 is 0 Å². The van der Waals surface area contributed by atoms with Gasteiger partial charge in [-0.25, -0.2) is 0 Å². The summed E-state index contributed by atoms with van der Waals surface area (Å²) in [5, 5.41) is 3.38. The highest BCUT2D eigenvalue weighted by molar-refractivity contribution is 5.07. The average molecular weight is 195 g/mol. The highest BCUT2D eigenvalue weighted by Gasteiger charge is 2.08. The monoisotopic (exact) mass is 195 g/mol. The Labute approximate surface area is 86.1 Å². The van der Waals surface area contributed by atoms with E-state index < -0.39 is 0 Å². The van der Waals surface area contributed by atoms with Gasteiger partial charge in [-0.15, -0.1) is 0 Å². The second-order valence-corrected chi connectivity index (χ2v) is 4.49. The van der Waals surface area contributed by atoms with Gasteiger partial charge in [0.25, 0.3) is 0 Å². The molecule has 0 saturated heterocycles. The Hall–Kier alpha value is -0.800. The van der Waals surface area contributed by atoms with E-state index in [4.69, 9.17) is 5.73 Å². The van der Waals surface area contributed by atoms with Gasteiger partial charge in [-0.1, -0.05) is 0 Å². The standard InChI is InChI=1S/C11H21N3/c1-11(2,12)5-3-6-13-8-10-4-7-14-9-10/h4,7,9,13-14H,3,5-6,8,12H2,1-2H3. The van der Waals surface area contributed by atoms with Crippen LogP contribution in [0.3, 0.4) is 0 Å². The summed E-state index contributed by atoms with van der Waals surface area (Å²) in [6, 6.07) is 2.08. The van der Waals surface area contributed by atoms with Crippen LogP contribution in [0.2, 0.25) is 0 Å². The summed E-state index contributed by atoms with van der Waals surface area (Å²) in [5.41, 5.74) is 7.15. The molecular formula is C11H21N3. The summed E-state index contributed by atoms with van der Waals surface area (Å²) in [6.07, 6.45) is 6.15. The van der Waals surface area contributed by atoms with Crippen molar-refractivity contribution in [3.8, 4) is 0 Å². The van der Waals surface area contributed by atoms with Crippen molar-refractivity contribution in [3.63, 3.8) is 0 Å². The first-order valence-electron chi connectivity index (χ1n) is 5.19. The van der Waals surface area contributed by atoms with Crippen LogP contribution in [0.15, 0.2) is 18.5 Å². The zero-order valence-electron chi connectivity index (χ0n) is 9.14. The highest BCUT2D eigenvalue weighted by atomic mass is 14.9. The molecule has 1 heterocycles. The van der Waals surface area contributed by atoms with Crippen molar-refractivity contribution in [3.05, 3.63) is 24.0 Å². The molecule has 0 spiro atoms. The zero-order chi connectivity index (χ0) is 10.4. The molecule has 0 aliphatic rings. The second-order valence-electron chi connectivity index (χ2n) is 4.49. The predicted octanol–water partition coefficient (Wildman–Crippen LogP) is 1.62. The lowest BCUT2D eigenvalue weighted by atomic mass is 10.0. The minimum atomic E-state index is -0.0320. The second kappa shape index (κ2) is 5.17. The molecule has 1 aromatic heterocycles. The van der Waals surface area contributed by atoms with Crippen LogP contribution < -0.4 is 11.1 Å². The first kappa shape index (κ1) is 11.3. The van der Waals surface area contributed by atoms with Gasteiger partial charge in [-0.3, -0.25) is 0 Å². The molecule has 0 bridgehead atoms. The maximum Gasteiger partial charge on any atom is 0.0220 e. The first-order valence-corrected chi connectivity index (χ1v) is 5.19. The lowest BCUT2D eigenvalue weighted by Crippen LogP contribution is -2.32. The van der Waals surface area contributed by atoms with E-state index in [2.05, 4.69) is 30.2 Å². The number of aromatic nitrogens is 1. The molecule has 1 rings (SSSR count). The molecule has 3 nitrogen and oxygen atoms in total. The molecule has 80 valence electrons. The van der Waals surface area contributed by atoms with E-state index in [1.165, 1.54) is 5.56 Å². The molecule has 0 amide bonds. The van der Waals surface area contributed by atoms with E-state index in [0.717, 1.165) is 25.9 Å². The van der Waals surface area contributed by atoms with Crippen LogP contribution in [0.1, 0.15) is 32.3 Å². The van der Waals surface area contributed by atoms with E-state index in [1.807, 2.05) is 12.4 Å². The van der Waals surface area contributed by atoms with E-state index >= 15 is 0 Å². The summed E-state index contributed by atoms with van der Waals surface area (Å²) in [5.74, 6) is 0. The number of hydrogen-bond acceptors (Lipinski definition) is 2. The topological polar surface area (TPSA) is 53.8 Å². The lowest BCUT2D eigenvalue weighted by Gasteiger charge is -2.17. The summed E-state index contributed by atoms with van der Waals surface area (Å²) in [7, 11) is 0. The third-order valence-electron chi connectivity index (χ3n) is 2.17. The fourth-order valence-electron chi connectivity index (χ4n) is 1.37. The molecule has 0 atom stereocenters. The van der Waals surface area contributed by atoms with Crippen LogP contribution in [-0.4, -0.2) is 17.1 Å². The number of nitrogens with one attached hydrogen (secondary N) is 2. The summed E-state index contributed by atoms with van der Waals surface area (Å²) < 4.78 is 0. The Bertz CT molecular complexity index is 234. The summed E-state index contributed by atoms with van der Waals surface area (Å²) >= 11 is 0. The smallest absolute Gasteiger partial charge is 0.0220 e. The van der Waals surface area contributed by atoms with Crippen LogP contribution in [0.25, 0.3) is 0 Å². The van der Waals surface area contributed by atoms with Crippen molar-refractivity contribution >= 4 is 0 Å². The van der Waals surface area contributed by atoms with Gasteiger partial charge in [-0.05, 0) is 44.9 Å². The van der Waals surface area contributed by atoms with E-state index in [1.54, 1.807) is 0 Å². The molecule has 0 aromatic carbocycles. The molecule has 3 heteroatoms. The molecule has 4 N–H and O–H groups in total. The third-order valence-corrected chi connectivity index (χ3v) is 2.17. The van der Waals surface area contributed by atoms with Crippen molar-refractivity contribution in [2.45, 2.75) is 38.8 Å². The largest absolute Gasteiger partial charge is 0.367 e. The van der Waals surface area contributed by atoms with Gasteiger partial charge in [0.2, 0.25) is 0 Å². The van der Waals surface area contributed by atoms with Gasteiger partial charge in [0.15, 0.2) is 0 Å². The van der Waals surface area contributed by atoms with Crippen LogP contribution >= 0.6 is 0 Å². The lowest BCUT2D eigenvalue weighted by molar-refractivity contribution is 0.448. The van der Waals surface area contributed by atoms with Crippen molar-refractivity contribution in [1.82, 2.24) is 10.3 Å². The Kier molecular flexibility index (Phi) is 4.17. The Balaban J connectivity index is 2.00. The minimum Gasteiger partial charge on any atom is -0.367 e. The molecule has 1 aromatic rings. The van der Waals surface area contributed by atoms with Crippen LogP contribution in [0, 0.1) is 0 Å². The predicted molar refractivity (Wildman–Crippen MR) is 60.0 cm³/mol. The SMILES string of the molecule is CC(C)(N)CCCNCc1cc[nH]c1. The quantitative estimate of drug-likeness (QED) is 0.604. The van der Waals surface area contributed by atoms with Gasteiger partial charge in [0.1, 0.15) is 0 Å². The Morgan fingerprint density at radius 1 is 1.50 bits per heavy atom. The van der Waals surface area contributed by atoms with Crippen LogP contribution in [-0.2, 0) is 6.54 Å². The van der Waals surface area contributed by atoms with Crippen molar-refractivity contribution in [1.29, 1.82) is 0 Å². The number of aromatic amines is 1. The van der Waals surface area contributed by atoms with Crippen molar-refractivity contribution in [2.75, 3.05) is 6.54 Å². The molecule has 0 aliphatic carbocycles. The normalized spacial score (nSPS) is 11.9. The summed E-state index contributed by atoms with van der Waals surface area (Å²) in [6.45, 7) is 6.11. The number of H-pyrrole nitrogens is 1. The van der Waals surface area contributed by atoms with Gasteiger partial charge < -0.3 is 16.0 Å². The van der Waals surface area contributed by atoms with E-state index in [0.29, 0.717) is 0 Å². The van der Waals surface area contributed by atoms with Crippen molar-refractivity contribution in [2.24, 2.45) is 5.73 Å². The van der Waals surface area contributed by atoms with Crippen LogP contribution in [0.4, 0.5) is 0 Å². The maximum absolute atomic E-state index is 5.88. The summed E-state index contributed by atoms with van der Waals surface area (Å²) in [4.78, 5) is 3.03. The van der Waals surface area contributed by atoms with E-state index in [9.17, 15) is 0 Å². The zero-order valence-corrected chi connectivity index (χ0v) is 9.14. The Morgan fingerprint density at radius 2 is 2.29 bits per heavy atom. The molecule has 0 fully saturated rings. The fraction of sp³-hybridized carbons (Fsp3) is 0.636. The third kappa shape index (κ3) is 5.04. The molecular weight excluding hydrogens is 174 g/mol. The van der Waals surface area contributed by atoms with E-state index in [-0.39, 0.29) is 5.54 Å². The molecule has 0 aliphatic heterocycles. The van der Waals surface area contributed by atoms with Gasteiger partial charge >= 0.3 is 0 Å². The highest BCUT2D eigenvalue weighted by Crippen LogP contribution is 2.05. The van der Waals surface area contributed by atoms with Gasteiger partial charge in [0.05, 0.1) is 0 Å². The number of nitrogens with two attached hydrogens (primary N) is 1. The van der Waals surface area contributed by atoms with Gasteiger partial charge in [0, 0.05) is 24.5 Å². The maximum atomic E-state index is 5.88. The van der Waals surface area contributed by atoms with Crippen LogP contribution in [0.5, 0.6) is 0 Å². The molecule has 14 heavy (non-hydrogen) atoms. The number of rotatable bonds is 6. The number of hydrogen-bond donors (Lipinski definition) is 3. The molecule has 0 saturated carbocycles. The molecule has 0 unspecified atom stereocenters. The first-order chi connectivity index (χ1) is 6.58. The Morgan fingerprint density at radius 3 is 2.86 bits per heavy atom. The average Bonchev–Trinajstić information content (AvgIpc) is 2.54. The molecule has 0 radical (unpaired) electrons. The fourth-order valence-corrected chi connectivity index (χ4v) is 1.37. The van der Waals surface area contributed by atoms with Gasteiger partial charge in [-0.2, -0.15) is 0 Å².